The van der Waals surface area contributed by atoms with Crippen molar-refractivity contribution in [3.63, 3.8) is 0 Å². The van der Waals surface area contributed by atoms with Gasteiger partial charge in [-0.2, -0.15) is 0 Å². The number of thiophene rings is 1. The van der Waals surface area contributed by atoms with Crippen LogP contribution < -0.4 is 0 Å². The second kappa shape index (κ2) is 13.9. The van der Waals surface area contributed by atoms with Gasteiger partial charge < -0.3 is 0 Å². The predicted octanol–water partition coefficient (Wildman–Crippen LogP) is 16.5. The largest absolute Gasteiger partial charge is 0.291 e. The fourth-order valence-electron chi connectivity index (χ4n) is 11.2. The monoisotopic (exact) mass is 842 g/mol. The number of hydrogen-bond acceptors (Lipinski definition) is 2. The molecule has 0 unspecified atom stereocenters. The average Bonchev–Trinajstić information content (AvgIpc) is 4.05. The van der Waals surface area contributed by atoms with Crippen LogP contribution in [-0.2, 0) is 5.41 Å². The summed E-state index contributed by atoms with van der Waals surface area (Å²) in [7, 11) is 0. The molecule has 1 aliphatic carbocycles. The lowest BCUT2D eigenvalue weighted by atomic mass is 9.67. The lowest BCUT2D eigenvalue weighted by molar-refractivity contribution is 0.768. The van der Waals surface area contributed by atoms with Crippen LogP contribution in [0.4, 0.5) is 0 Å². The first-order valence-electron chi connectivity index (χ1n) is 22.4. The van der Waals surface area contributed by atoms with Gasteiger partial charge >= 0.3 is 0 Å². The molecule has 0 saturated heterocycles. The summed E-state index contributed by atoms with van der Waals surface area (Å²) in [6.07, 6.45) is 0. The van der Waals surface area contributed by atoms with Crippen molar-refractivity contribution in [1.29, 1.82) is 0 Å². The number of hydrogen-bond donors (Lipinski definition) is 0. The predicted molar refractivity (Wildman–Crippen MR) is 274 cm³/mol. The van der Waals surface area contributed by atoms with Crippen LogP contribution in [0.2, 0.25) is 0 Å². The van der Waals surface area contributed by atoms with Crippen molar-refractivity contribution in [2.24, 2.45) is 0 Å². The van der Waals surface area contributed by atoms with E-state index in [-0.39, 0.29) is 0 Å². The van der Waals surface area contributed by atoms with Crippen molar-refractivity contribution >= 4 is 69.7 Å². The van der Waals surface area contributed by atoms with Crippen molar-refractivity contribution < 1.29 is 0 Å². The molecule has 13 aromatic rings. The zero-order valence-electron chi connectivity index (χ0n) is 35.2. The molecule has 0 spiro atoms. The van der Waals surface area contributed by atoms with Gasteiger partial charge in [-0.15, -0.1) is 11.3 Å². The molecule has 0 atom stereocenters. The van der Waals surface area contributed by atoms with Crippen LogP contribution in [-0.4, -0.2) is 9.38 Å². The second-order valence-electron chi connectivity index (χ2n) is 17.4. The zero-order valence-corrected chi connectivity index (χ0v) is 36.1. The molecule has 3 heteroatoms. The summed E-state index contributed by atoms with van der Waals surface area (Å²) in [6, 6.07) is 85.1. The van der Waals surface area contributed by atoms with Gasteiger partial charge in [0.15, 0.2) is 5.65 Å². The number of rotatable bonds is 5. The highest BCUT2D eigenvalue weighted by Gasteiger charge is 2.46. The number of fused-ring (bicyclic) bond motifs is 13. The Balaban J connectivity index is 0.897. The van der Waals surface area contributed by atoms with E-state index in [1.165, 1.54) is 97.4 Å². The maximum Gasteiger partial charge on any atom is 0.156 e. The van der Waals surface area contributed by atoms with Crippen molar-refractivity contribution in [2.75, 3.05) is 0 Å². The average molecular weight is 843 g/mol. The summed E-state index contributed by atoms with van der Waals surface area (Å²) < 4.78 is 4.90. The fraction of sp³-hybridized carbons (Fsp3) is 0.0161. The van der Waals surface area contributed by atoms with Crippen molar-refractivity contribution in [2.45, 2.75) is 5.41 Å². The highest BCUT2D eigenvalue weighted by Crippen LogP contribution is 2.58. The van der Waals surface area contributed by atoms with E-state index in [0.29, 0.717) is 0 Å². The Morgan fingerprint density at radius 1 is 0.415 bits per heavy atom. The van der Waals surface area contributed by atoms with Crippen molar-refractivity contribution in [3.8, 4) is 44.6 Å². The minimum absolute atomic E-state index is 0.427. The van der Waals surface area contributed by atoms with Crippen molar-refractivity contribution in [3.05, 3.63) is 253 Å². The highest BCUT2D eigenvalue weighted by molar-refractivity contribution is 7.26. The third-order valence-electron chi connectivity index (χ3n) is 14.1. The summed E-state index contributed by atoms with van der Waals surface area (Å²) >= 11 is 1.85. The number of imidazole rings is 1. The number of benzene rings is 10. The Morgan fingerprint density at radius 3 is 1.74 bits per heavy atom. The molecule has 3 heterocycles. The Hall–Kier alpha value is -8.11. The van der Waals surface area contributed by atoms with Crippen LogP contribution in [0.3, 0.4) is 0 Å². The highest BCUT2D eigenvalue weighted by atomic mass is 32.1. The van der Waals surface area contributed by atoms with Gasteiger partial charge in [-0.05, 0) is 107 Å². The van der Waals surface area contributed by atoms with Crippen LogP contribution in [0.25, 0.3) is 103 Å². The van der Waals surface area contributed by atoms with E-state index in [9.17, 15) is 0 Å². The summed E-state index contributed by atoms with van der Waals surface area (Å²) in [6.45, 7) is 0. The number of aromatic nitrogens is 2. The van der Waals surface area contributed by atoms with Gasteiger partial charge in [0, 0.05) is 15.5 Å². The first kappa shape index (κ1) is 36.4. The minimum atomic E-state index is -0.427. The van der Waals surface area contributed by atoms with Crippen LogP contribution in [0.15, 0.2) is 231 Å². The van der Waals surface area contributed by atoms with E-state index < -0.39 is 5.41 Å². The van der Waals surface area contributed by atoms with Gasteiger partial charge in [0.25, 0.3) is 0 Å². The molecule has 0 amide bonds. The molecule has 1 aliphatic rings. The van der Waals surface area contributed by atoms with E-state index >= 15 is 0 Å². The van der Waals surface area contributed by atoms with Crippen LogP contribution in [0, 0.1) is 0 Å². The molecule has 0 fully saturated rings. The minimum Gasteiger partial charge on any atom is -0.291 e. The molecule has 3 aromatic heterocycles. The summed E-state index contributed by atoms with van der Waals surface area (Å²) in [5.41, 5.74) is 17.6. The summed E-state index contributed by atoms with van der Waals surface area (Å²) in [4.78, 5) is 5.40. The van der Waals surface area contributed by atoms with E-state index in [1.54, 1.807) is 0 Å². The molecular formula is C62H38N2S. The Bertz CT molecular complexity index is 3990. The molecule has 0 N–H and O–H groups in total. The first-order valence-corrected chi connectivity index (χ1v) is 23.2. The van der Waals surface area contributed by atoms with Crippen molar-refractivity contribution in [1.82, 2.24) is 9.38 Å². The second-order valence-corrected chi connectivity index (χ2v) is 18.5. The Kier molecular flexibility index (Phi) is 7.80. The summed E-state index contributed by atoms with van der Waals surface area (Å²) in [5, 5.41) is 7.51. The smallest absolute Gasteiger partial charge is 0.156 e. The standard InChI is InChI=1S/C62H38N2S/c1-3-17-46(18-4-1)62(47-19-5-2-6-20-47)52-24-12-11-22-50(52)58-48(23-13-25-53(58)62)42-30-26-39(27-31-42)40-28-32-43(33-29-40)55-38-51-59-49-21-10-9-14-41(49)34-35-57(59)65-60(51)61-63-54-36-44-15-7-8-16-45(44)37-56(54)64(55)61/h1-38H. The van der Waals surface area contributed by atoms with Gasteiger partial charge in [0.05, 0.1) is 26.8 Å². The third-order valence-corrected chi connectivity index (χ3v) is 15.2. The lowest BCUT2D eigenvalue weighted by Crippen LogP contribution is -2.28. The third kappa shape index (κ3) is 5.25. The van der Waals surface area contributed by atoms with Gasteiger partial charge in [0.2, 0.25) is 0 Å². The molecule has 302 valence electrons. The molecule has 14 rings (SSSR count). The van der Waals surface area contributed by atoms with Gasteiger partial charge in [0.1, 0.15) is 0 Å². The van der Waals surface area contributed by atoms with Gasteiger partial charge in [-0.1, -0.05) is 206 Å². The van der Waals surface area contributed by atoms with Crippen LogP contribution in [0.1, 0.15) is 22.3 Å². The number of nitrogens with zero attached hydrogens (tertiary/aromatic N) is 2. The van der Waals surface area contributed by atoms with E-state index in [2.05, 4.69) is 235 Å². The molecule has 10 aromatic carbocycles. The lowest BCUT2D eigenvalue weighted by Gasteiger charge is -2.34. The number of pyridine rings is 1. The molecule has 0 saturated carbocycles. The van der Waals surface area contributed by atoms with Crippen LogP contribution >= 0.6 is 11.3 Å². The van der Waals surface area contributed by atoms with Gasteiger partial charge in [-0.25, -0.2) is 4.98 Å². The molecular weight excluding hydrogens is 805 g/mol. The van der Waals surface area contributed by atoms with E-state index in [1.807, 2.05) is 11.3 Å². The zero-order chi connectivity index (χ0) is 42.6. The SMILES string of the molecule is c1ccc(C2(c3ccccc3)c3ccccc3-c3c(-c4ccc(-c5ccc(-c6cc7c(sc8ccc9ccccc9c87)c7nc8cc9ccccc9cc8n67)cc5)cc4)cccc32)cc1. The first-order chi connectivity index (χ1) is 32.2. The molecule has 0 bridgehead atoms. The van der Waals surface area contributed by atoms with Gasteiger partial charge in [-0.3, -0.25) is 4.40 Å². The van der Waals surface area contributed by atoms with Crippen LogP contribution in [0.5, 0.6) is 0 Å². The Morgan fingerprint density at radius 2 is 1.00 bits per heavy atom. The molecule has 65 heavy (non-hydrogen) atoms. The van der Waals surface area contributed by atoms with E-state index in [4.69, 9.17) is 4.98 Å². The Labute approximate surface area is 380 Å². The normalized spacial score (nSPS) is 13.0. The quantitative estimate of drug-likeness (QED) is 0.169. The topological polar surface area (TPSA) is 17.3 Å². The summed E-state index contributed by atoms with van der Waals surface area (Å²) in [5.74, 6) is 0. The molecule has 0 radical (unpaired) electrons. The maximum atomic E-state index is 5.40. The maximum absolute atomic E-state index is 5.40. The molecule has 2 nitrogen and oxygen atoms in total. The molecule has 0 aliphatic heterocycles. The van der Waals surface area contributed by atoms with E-state index in [0.717, 1.165) is 27.9 Å². The fourth-order valence-corrected chi connectivity index (χ4v) is 12.4.